The second-order valence-corrected chi connectivity index (χ2v) is 4.23. The Labute approximate surface area is 67.3 Å². The summed E-state index contributed by atoms with van der Waals surface area (Å²) in [4.78, 5) is 7.26. The SMILES string of the molecule is CC12CC1N=C1CCCCN12. The van der Waals surface area contributed by atoms with Gasteiger partial charge in [-0.25, -0.2) is 0 Å². The number of nitrogens with zero attached hydrogens (tertiary/aromatic N) is 2. The molecule has 60 valence electrons. The van der Waals surface area contributed by atoms with Crippen LogP contribution in [0.5, 0.6) is 0 Å². The Morgan fingerprint density at radius 2 is 2.45 bits per heavy atom. The number of piperidine rings is 1. The summed E-state index contributed by atoms with van der Waals surface area (Å²) < 4.78 is 0. The molecule has 2 aliphatic heterocycles. The molecule has 0 aromatic carbocycles. The number of aliphatic imine (C=N–C) groups is 1. The first-order valence-electron chi connectivity index (χ1n) is 4.65. The molecule has 0 radical (unpaired) electrons. The van der Waals surface area contributed by atoms with E-state index >= 15 is 0 Å². The summed E-state index contributed by atoms with van der Waals surface area (Å²) in [7, 11) is 0. The highest BCUT2D eigenvalue weighted by Crippen LogP contribution is 2.50. The molecule has 2 fully saturated rings. The first-order chi connectivity index (χ1) is 5.31. The van der Waals surface area contributed by atoms with Crippen molar-refractivity contribution in [3.05, 3.63) is 0 Å². The standard InChI is InChI=1S/C9H14N2/c1-9-6-7(9)10-8-4-2-3-5-11(8)9/h7H,2-6H2,1H3. The van der Waals surface area contributed by atoms with E-state index in [9.17, 15) is 0 Å². The molecule has 3 rings (SSSR count). The van der Waals surface area contributed by atoms with Gasteiger partial charge in [-0.2, -0.15) is 0 Å². The Hall–Kier alpha value is -0.530. The van der Waals surface area contributed by atoms with E-state index in [0.717, 1.165) is 0 Å². The van der Waals surface area contributed by atoms with Crippen molar-refractivity contribution in [3.8, 4) is 0 Å². The Bertz CT molecular complexity index is 234. The first kappa shape index (κ1) is 6.04. The van der Waals surface area contributed by atoms with Gasteiger partial charge in [0.15, 0.2) is 0 Å². The van der Waals surface area contributed by atoms with Crippen LogP contribution in [-0.2, 0) is 0 Å². The zero-order chi connectivity index (χ0) is 7.47. The van der Waals surface area contributed by atoms with E-state index in [1.807, 2.05) is 0 Å². The van der Waals surface area contributed by atoms with Crippen LogP contribution < -0.4 is 0 Å². The first-order valence-corrected chi connectivity index (χ1v) is 4.65. The third kappa shape index (κ3) is 0.608. The molecule has 0 N–H and O–H groups in total. The second-order valence-electron chi connectivity index (χ2n) is 4.23. The molecule has 0 aromatic rings. The molecule has 1 saturated carbocycles. The quantitative estimate of drug-likeness (QED) is 0.510. The minimum Gasteiger partial charge on any atom is -0.353 e. The van der Waals surface area contributed by atoms with E-state index in [1.165, 1.54) is 38.1 Å². The molecule has 1 saturated heterocycles. The van der Waals surface area contributed by atoms with Gasteiger partial charge < -0.3 is 4.90 Å². The fourth-order valence-electron chi connectivity index (χ4n) is 2.49. The summed E-state index contributed by atoms with van der Waals surface area (Å²) in [5.41, 5.74) is 0.482. The monoisotopic (exact) mass is 150 g/mol. The normalized spacial score (nSPS) is 46.5. The van der Waals surface area contributed by atoms with Gasteiger partial charge in [-0.15, -0.1) is 0 Å². The highest BCUT2D eigenvalue weighted by molar-refractivity contribution is 5.87. The van der Waals surface area contributed by atoms with Crippen LogP contribution in [0.3, 0.4) is 0 Å². The number of hydrogen-bond acceptors (Lipinski definition) is 2. The van der Waals surface area contributed by atoms with Crippen LogP contribution >= 0.6 is 0 Å². The van der Waals surface area contributed by atoms with Gasteiger partial charge >= 0.3 is 0 Å². The van der Waals surface area contributed by atoms with E-state index in [2.05, 4.69) is 11.8 Å². The van der Waals surface area contributed by atoms with Gasteiger partial charge in [0.25, 0.3) is 0 Å². The third-order valence-corrected chi connectivity index (χ3v) is 3.43. The summed E-state index contributed by atoms with van der Waals surface area (Å²) in [5.74, 6) is 1.41. The van der Waals surface area contributed by atoms with Crippen LogP contribution in [0.4, 0.5) is 0 Å². The molecule has 2 atom stereocenters. The molecule has 1 aliphatic carbocycles. The highest BCUT2D eigenvalue weighted by atomic mass is 15.4. The maximum atomic E-state index is 4.70. The summed E-state index contributed by atoms with van der Waals surface area (Å²) in [6.07, 6.45) is 5.29. The Kier molecular flexibility index (Phi) is 0.890. The van der Waals surface area contributed by atoms with Crippen molar-refractivity contribution in [2.45, 2.75) is 44.2 Å². The summed E-state index contributed by atoms with van der Waals surface area (Å²) >= 11 is 0. The molecule has 0 aromatic heterocycles. The van der Waals surface area contributed by atoms with Gasteiger partial charge in [-0.05, 0) is 26.2 Å². The number of hydrogen-bond donors (Lipinski definition) is 0. The van der Waals surface area contributed by atoms with Crippen LogP contribution in [0.25, 0.3) is 0 Å². The van der Waals surface area contributed by atoms with E-state index in [0.29, 0.717) is 11.6 Å². The van der Waals surface area contributed by atoms with E-state index in [4.69, 9.17) is 4.99 Å². The molecule has 2 nitrogen and oxygen atoms in total. The summed E-state index contributed by atoms with van der Waals surface area (Å²) in [6, 6.07) is 0.676. The van der Waals surface area contributed by atoms with Gasteiger partial charge in [0, 0.05) is 13.0 Å². The smallest absolute Gasteiger partial charge is 0.0998 e. The van der Waals surface area contributed by atoms with Gasteiger partial charge in [-0.3, -0.25) is 4.99 Å². The van der Waals surface area contributed by atoms with Crippen molar-refractivity contribution in [2.24, 2.45) is 4.99 Å². The molecule has 11 heavy (non-hydrogen) atoms. The van der Waals surface area contributed by atoms with E-state index in [1.54, 1.807) is 0 Å². The van der Waals surface area contributed by atoms with Crippen molar-refractivity contribution in [2.75, 3.05) is 6.54 Å². The summed E-state index contributed by atoms with van der Waals surface area (Å²) in [6.45, 7) is 3.63. The average molecular weight is 150 g/mol. The predicted molar refractivity (Wildman–Crippen MR) is 44.8 cm³/mol. The molecule has 3 aliphatic rings. The largest absolute Gasteiger partial charge is 0.353 e. The predicted octanol–water partition coefficient (Wildman–Crippen LogP) is 1.42. The van der Waals surface area contributed by atoms with Gasteiger partial charge in [0.1, 0.15) is 0 Å². The van der Waals surface area contributed by atoms with E-state index < -0.39 is 0 Å². The summed E-state index contributed by atoms with van der Waals surface area (Å²) in [5, 5.41) is 0. The fraction of sp³-hybridized carbons (Fsp3) is 0.889. The van der Waals surface area contributed by atoms with Crippen LogP contribution in [0.2, 0.25) is 0 Å². The Balaban J connectivity index is 1.95. The van der Waals surface area contributed by atoms with Crippen molar-refractivity contribution in [3.63, 3.8) is 0 Å². The van der Waals surface area contributed by atoms with Gasteiger partial charge in [-0.1, -0.05) is 0 Å². The van der Waals surface area contributed by atoms with E-state index in [-0.39, 0.29) is 0 Å². The Morgan fingerprint density at radius 1 is 1.55 bits per heavy atom. The maximum Gasteiger partial charge on any atom is 0.0998 e. The lowest BCUT2D eigenvalue weighted by Gasteiger charge is -2.32. The number of fused-ring (bicyclic) bond motifs is 3. The average Bonchev–Trinajstić information content (AvgIpc) is 2.57. The van der Waals surface area contributed by atoms with Crippen molar-refractivity contribution in [1.29, 1.82) is 0 Å². The third-order valence-electron chi connectivity index (χ3n) is 3.43. The topological polar surface area (TPSA) is 15.6 Å². The van der Waals surface area contributed by atoms with Crippen LogP contribution in [-0.4, -0.2) is 28.9 Å². The second kappa shape index (κ2) is 1.62. The highest BCUT2D eigenvalue weighted by Gasteiger charge is 2.59. The minimum atomic E-state index is 0.482. The molecule has 0 bridgehead atoms. The molecular weight excluding hydrogens is 136 g/mol. The molecular formula is C9H14N2. The van der Waals surface area contributed by atoms with Crippen LogP contribution in [0.1, 0.15) is 32.6 Å². The molecule has 0 spiro atoms. The molecule has 2 heterocycles. The lowest BCUT2D eigenvalue weighted by atomic mass is 10.1. The van der Waals surface area contributed by atoms with Crippen LogP contribution in [0.15, 0.2) is 4.99 Å². The van der Waals surface area contributed by atoms with Gasteiger partial charge in [0.05, 0.1) is 17.4 Å². The molecule has 2 heteroatoms. The minimum absolute atomic E-state index is 0.482. The number of amidine groups is 1. The fourth-order valence-corrected chi connectivity index (χ4v) is 2.49. The lowest BCUT2D eigenvalue weighted by Crippen LogP contribution is -2.41. The zero-order valence-electron chi connectivity index (χ0n) is 7.01. The molecule has 2 unspecified atom stereocenters. The van der Waals surface area contributed by atoms with Gasteiger partial charge in [0.2, 0.25) is 0 Å². The van der Waals surface area contributed by atoms with Crippen molar-refractivity contribution >= 4 is 5.84 Å². The van der Waals surface area contributed by atoms with Crippen molar-refractivity contribution in [1.82, 2.24) is 4.90 Å². The lowest BCUT2D eigenvalue weighted by molar-refractivity contribution is 0.292. The molecule has 0 amide bonds. The maximum absolute atomic E-state index is 4.70. The zero-order valence-corrected chi connectivity index (χ0v) is 7.01. The Morgan fingerprint density at radius 3 is 3.27 bits per heavy atom. The number of rotatable bonds is 0. The van der Waals surface area contributed by atoms with Crippen LogP contribution in [0, 0.1) is 0 Å². The van der Waals surface area contributed by atoms with Crippen molar-refractivity contribution < 1.29 is 0 Å².